The molecule has 2 amide bonds. The molecule has 0 spiro atoms. The van der Waals surface area contributed by atoms with Gasteiger partial charge in [0.2, 0.25) is 0 Å². The van der Waals surface area contributed by atoms with Gasteiger partial charge in [-0.3, -0.25) is 9.58 Å². The molecule has 2 aromatic rings. The van der Waals surface area contributed by atoms with Crippen LogP contribution in [-0.4, -0.2) is 45.9 Å². The van der Waals surface area contributed by atoms with Crippen LogP contribution < -0.4 is 10.6 Å². The lowest BCUT2D eigenvalue weighted by atomic mass is 10.1. The molecule has 0 saturated carbocycles. The molecular weight excluding hydrogens is 322 g/mol. The highest BCUT2D eigenvalue weighted by molar-refractivity contribution is 7.10. The Morgan fingerprint density at radius 1 is 1.46 bits per heavy atom. The quantitative estimate of drug-likeness (QED) is 0.841. The number of thiophene rings is 1. The second-order valence-electron chi connectivity index (χ2n) is 6.42. The maximum Gasteiger partial charge on any atom is 0.315 e. The maximum absolute atomic E-state index is 12.1. The van der Waals surface area contributed by atoms with Crippen LogP contribution in [0.3, 0.4) is 0 Å². The number of carbonyl (C=O) groups excluding carboxylic acids is 1. The van der Waals surface area contributed by atoms with E-state index in [2.05, 4.69) is 39.0 Å². The number of hydrogen-bond acceptors (Lipinski definition) is 4. The molecule has 1 aliphatic heterocycles. The van der Waals surface area contributed by atoms with Crippen LogP contribution in [0.1, 0.15) is 24.3 Å². The van der Waals surface area contributed by atoms with Crippen molar-refractivity contribution in [2.45, 2.75) is 45.4 Å². The summed E-state index contributed by atoms with van der Waals surface area (Å²) >= 11 is 1.85. The number of nitrogens with one attached hydrogen (secondary N) is 2. The molecule has 2 unspecified atom stereocenters. The molecule has 130 valence electrons. The van der Waals surface area contributed by atoms with Crippen molar-refractivity contribution in [1.29, 1.82) is 0 Å². The lowest BCUT2D eigenvalue weighted by Gasteiger charge is -2.32. The molecule has 3 heterocycles. The van der Waals surface area contributed by atoms with Gasteiger partial charge in [0.15, 0.2) is 0 Å². The molecule has 2 N–H and O–H groups in total. The Bertz CT molecular complexity index is 654. The van der Waals surface area contributed by atoms with E-state index in [9.17, 15) is 4.79 Å². The molecule has 0 bridgehead atoms. The molecule has 1 aliphatic rings. The van der Waals surface area contributed by atoms with Crippen molar-refractivity contribution in [3.8, 4) is 0 Å². The molecule has 6 nitrogen and oxygen atoms in total. The average molecular weight is 347 g/mol. The first-order valence-electron chi connectivity index (χ1n) is 8.43. The van der Waals surface area contributed by atoms with Gasteiger partial charge in [-0.05, 0) is 43.3 Å². The third-order valence-corrected chi connectivity index (χ3v) is 5.44. The van der Waals surface area contributed by atoms with E-state index in [0.717, 1.165) is 19.5 Å². The van der Waals surface area contributed by atoms with Crippen LogP contribution >= 0.6 is 11.3 Å². The summed E-state index contributed by atoms with van der Waals surface area (Å²) in [5, 5.41) is 12.3. The highest BCUT2D eigenvalue weighted by atomic mass is 32.1. The average Bonchev–Trinajstić information content (AvgIpc) is 3.22. The number of amides is 2. The van der Waals surface area contributed by atoms with E-state index < -0.39 is 0 Å². The molecule has 2 aromatic heterocycles. The minimum absolute atomic E-state index is 0.0311. The highest BCUT2D eigenvalue weighted by Crippen LogP contribution is 2.24. The lowest BCUT2D eigenvalue weighted by Crippen LogP contribution is -2.48. The number of nitrogens with zero attached hydrogens (tertiary/aromatic N) is 3. The van der Waals surface area contributed by atoms with Crippen molar-refractivity contribution in [3.05, 3.63) is 40.3 Å². The predicted octanol–water partition coefficient (Wildman–Crippen LogP) is 2.08. The lowest BCUT2D eigenvalue weighted by molar-refractivity contribution is 0.185. The van der Waals surface area contributed by atoms with Crippen LogP contribution in [0, 0.1) is 0 Å². The molecule has 0 saturated heterocycles. The predicted molar refractivity (Wildman–Crippen MR) is 96.1 cm³/mol. The fourth-order valence-corrected chi connectivity index (χ4v) is 3.92. The molecule has 0 aliphatic carbocycles. The summed E-state index contributed by atoms with van der Waals surface area (Å²) in [4.78, 5) is 16.0. The number of urea groups is 1. The van der Waals surface area contributed by atoms with Gasteiger partial charge >= 0.3 is 6.03 Å². The van der Waals surface area contributed by atoms with Gasteiger partial charge in [-0.15, -0.1) is 11.3 Å². The number of carbonyl (C=O) groups is 1. The van der Waals surface area contributed by atoms with E-state index in [-0.39, 0.29) is 12.1 Å². The number of fused-ring (bicyclic) bond motifs is 1. The summed E-state index contributed by atoms with van der Waals surface area (Å²) in [6.45, 7) is 7.52. The van der Waals surface area contributed by atoms with Crippen molar-refractivity contribution in [3.63, 3.8) is 0 Å². The van der Waals surface area contributed by atoms with Gasteiger partial charge in [-0.1, -0.05) is 0 Å². The van der Waals surface area contributed by atoms with Crippen molar-refractivity contribution in [2.24, 2.45) is 0 Å². The number of aromatic nitrogens is 2. The van der Waals surface area contributed by atoms with Gasteiger partial charge in [-0.2, -0.15) is 5.10 Å². The first-order chi connectivity index (χ1) is 11.6. The van der Waals surface area contributed by atoms with Gasteiger partial charge in [0.1, 0.15) is 0 Å². The minimum atomic E-state index is -0.116. The van der Waals surface area contributed by atoms with E-state index in [1.807, 2.05) is 35.2 Å². The molecule has 0 radical (unpaired) electrons. The zero-order valence-electron chi connectivity index (χ0n) is 14.2. The van der Waals surface area contributed by atoms with Crippen LogP contribution in [0.4, 0.5) is 4.79 Å². The van der Waals surface area contributed by atoms with Gasteiger partial charge < -0.3 is 10.6 Å². The summed E-state index contributed by atoms with van der Waals surface area (Å²) < 4.78 is 1.82. The fourth-order valence-electron chi connectivity index (χ4n) is 3.03. The summed E-state index contributed by atoms with van der Waals surface area (Å²) in [6.07, 6.45) is 4.75. The number of hydrogen-bond donors (Lipinski definition) is 2. The first-order valence-corrected chi connectivity index (χ1v) is 9.31. The molecule has 2 atom stereocenters. The Labute approximate surface area is 146 Å². The van der Waals surface area contributed by atoms with Gasteiger partial charge in [-0.25, -0.2) is 4.79 Å². The minimum Gasteiger partial charge on any atom is -0.337 e. The van der Waals surface area contributed by atoms with Gasteiger partial charge in [0, 0.05) is 49.0 Å². The Morgan fingerprint density at radius 3 is 3.12 bits per heavy atom. The van der Waals surface area contributed by atoms with Crippen molar-refractivity contribution in [2.75, 3.05) is 13.1 Å². The van der Waals surface area contributed by atoms with Gasteiger partial charge in [0.05, 0.1) is 6.54 Å². The third-order valence-electron chi connectivity index (χ3n) is 4.42. The van der Waals surface area contributed by atoms with Gasteiger partial charge in [0.25, 0.3) is 0 Å². The zero-order chi connectivity index (χ0) is 16.9. The van der Waals surface area contributed by atoms with E-state index in [0.29, 0.717) is 19.1 Å². The Morgan fingerprint density at radius 2 is 2.33 bits per heavy atom. The smallest absolute Gasteiger partial charge is 0.315 e. The van der Waals surface area contributed by atoms with E-state index in [1.54, 1.807) is 6.20 Å². The Hall–Kier alpha value is -1.86. The molecular formula is C17H25N5OS. The largest absolute Gasteiger partial charge is 0.337 e. The molecule has 0 fully saturated rings. The zero-order valence-corrected chi connectivity index (χ0v) is 15.1. The second-order valence-corrected chi connectivity index (χ2v) is 7.42. The van der Waals surface area contributed by atoms with Crippen LogP contribution in [0.2, 0.25) is 0 Å². The monoisotopic (exact) mass is 347 g/mol. The number of rotatable bonds is 6. The Kier molecular flexibility index (Phi) is 5.52. The fraction of sp³-hybridized carbons (Fsp3) is 0.529. The van der Waals surface area contributed by atoms with E-state index in [4.69, 9.17) is 0 Å². The topological polar surface area (TPSA) is 62.2 Å². The van der Waals surface area contributed by atoms with Crippen molar-refractivity contribution >= 4 is 17.4 Å². The first kappa shape index (κ1) is 17.0. The maximum atomic E-state index is 12.1. The summed E-state index contributed by atoms with van der Waals surface area (Å²) in [6, 6.07) is 4.34. The molecule has 3 rings (SSSR count). The van der Waals surface area contributed by atoms with Crippen molar-refractivity contribution < 1.29 is 4.79 Å². The van der Waals surface area contributed by atoms with Crippen LogP contribution in [0.25, 0.3) is 0 Å². The normalized spacial score (nSPS) is 17.1. The summed E-state index contributed by atoms with van der Waals surface area (Å²) in [5.74, 6) is 0. The van der Waals surface area contributed by atoms with Crippen molar-refractivity contribution in [1.82, 2.24) is 25.3 Å². The summed E-state index contributed by atoms with van der Waals surface area (Å²) in [7, 11) is 0. The standard InChI is InChI=1S/C17H25N5OS/c1-13(11-22-7-3-6-19-22)20-17(23)18-10-14(2)21-8-4-16-15(12-21)5-9-24-16/h3,5-7,9,13-14H,4,8,10-12H2,1-2H3,(H2,18,20,23). The SMILES string of the molecule is CC(Cn1cccn1)NC(=O)NCC(C)N1CCc2sccc2C1. The van der Waals surface area contributed by atoms with E-state index >= 15 is 0 Å². The Balaban J connectivity index is 1.39. The molecule has 24 heavy (non-hydrogen) atoms. The van der Waals surface area contributed by atoms with Crippen LogP contribution in [0.5, 0.6) is 0 Å². The highest BCUT2D eigenvalue weighted by Gasteiger charge is 2.21. The van der Waals surface area contributed by atoms with E-state index in [1.165, 1.54) is 10.4 Å². The van der Waals surface area contributed by atoms with Crippen LogP contribution in [-0.2, 0) is 19.5 Å². The van der Waals surface area contributed by atoms with Crippen LogP contribution in [0.15, 0.2) is 29.9 Å². The summed E-state index contributed by atoms with van der Waals surface area (Å²) in [5.41, 5.74) is 1.44. The third kappa shape index (κ3) is 4.36. The molecule has 7 heteroatoms. The second kappa shape index (κ2) is 7.81. The molecule has 0 aromatic carbocycles.